The lowest BCUT2D eigenvalue weighted by Crippen LogP contribution is -2.57. The van der Waals surface area contributed by atoms with Crippen LogP contribution in [0, 0.1) is 5.92 Å². The van der Waals surface area contributed by atoms with E-state index >= 15 is 0 Å². The highest BCUT2D eigenvalue weighted by atomic mass is 16.4. The third-order valence-electron chi connectivity index (χ3n) is 4.89. The topological polar surface area (TPSA) is 231 Å². The van der Waals surface area contributed by atoms with Crippen molar-refractivity contribution in [1.29, 1.82) is 0 Å². The summed E-state index contributed by atoms with van der Waals surface area (Å²) in [5.41, 5.74) is 10.8. The third-order valence-corrected chi connectivity index (χ3v) is 4.89. The van der Waals surface area contributed by atoms with Crippen LogP contribution < -0.4 is 27.4 Å². The first-order valence-corrected chi connectivity index (χ1v) is 10.2. The van der Waals surface area contributed by atoms with Crippen LogP contribution in [-0.4, -0.2) is 69.9 Å². The molecule has 0 aliphatic heterocycles. The van der Waals surface area contributed by atoms with Crippen molar-refractivity contribution < 1.29 is 39.0 Å². The Hall–Kier alpha value is -3.22. The van der Waals surface area contributed by atoms with E-state index in [9.17, 15) is 28.8 Å². The summed E-state index contributed by atoms with van der Waals surface area (Å²) in [4.78, 5) is 70.2. The van der Waals surface area contributed by atoms with Gasteiger partial charge in [-0.25, -0.2) is 4.79 Å². The van der Waals surface area contributed by atoms with Gasteiger partial charge in [0.1, 0.15) is 18.1 Å². The molecule has 9 N–H and O–H groups in total. The van der Waals surface area contributed by atoms with Crippen molar-refractivity contribution in [3.05, 3.63) is 0 Å². The normalized spacial score (nSPS) is 15.4. The lowest BCUT2D eigenvalue weighted by molar-refractivity contribution is -0.142. The zero-order valence-corrected chi connectivity index (χ0v) is 18.4. The molecule has 0 aromatic heterocycles. The lowest BCUT2D eigenvalue weighted by Gasteiger charge is -2.24. The number of nitrogens with one attached hydrogen (secondary N) is 3. The van der Waals surface area contributed by atoms with E-state index in [0.717, 1.165) is 0 Å². The van der Waals surface area contributed by atoms with Gasteiger partial charge in [0.25, 0.3) is 0 Å². The summed E-state index contributed by atoms with van der Waals surface area (Å²) in [6.07, 6.45) is -0.561. The molecule has 0 aliphatic rings. The fraction of sp³-hybridized carbons (Fsp3) is 0.684. The number of carboxylic acids is 2. The molecular formula is C19H33N5O8. The van der Waals surface area contributed by atoms with Crippen molar-refractivity contribution in [2.75, 3.05) is 0 Å². The standard InChI is InChI=1S/C19H33N5O8/c1-4-9(2)15(21)18(30)23-11(6-8-14(26)27)17(29)22-10(3)16(28)24-12(19(31)32)5-7-13(20)25/h9-12,15H,4-8,21H2,1-3H3,(H2,20,25)(H,22,29)(H,23,30)(H,24,28)(H,26,27)(H,31,32). The van der Waals surface area contributed by atoms with E-state index in [1.54, 1.807) is 6.92 Å². The number of amides is 4. The third kappa shape index (κ3) is 10.7. The number of carbonyl (C=O) groups is 6. The van der Waals surface area contributed by atoms with Gasteiger partial charge < -0.3 is 37.6 Å². The molecule has 0 radical (unpaired) electrons. The fourth-order valence-electron chi connectivity index (χ4n) is 2.54. The number of primary amides is 1. The van der Waals surface area contributed by atoms with E-state index in [0.29, 0.717) is 6.42 Å². The Labute approximate surface area is 185 Å². The van der Waals surface area contributed by atoms with Gasteiger partial charge in [0.05, 0.1) is 6.04 Å². The number of rotatable bonds is 15. The molecule has 0 aromatic carbocycles. The fourth-order valence-corrected chi connectivity index (χ4v) is 2.54. The summed E-state index contributed by atoms with van der Waals surface area (Å²) in [5.74, 6) is -5.82. The Morgan fingerprint density at radius 3 is 1.81 bits per heavy atom. The van der Waals surface area contributed by atoms with E-state index < -0.39 is 66.2 Å². The summed E-state index contributed by atoms with van der Waals surface area (Å²) in [5, 5.41) is 25.0. The second kappa shape index (κ2) is 14.0. The summed E-state index contributed by atoms with van der Waals surface area (Å²) in [6.45, 7) is 4.86. The molecule has 13 nitrogen and oxygen atoms in total. The number of aliphatic carboxylic acids is 2. The maximum Gasteiger partial charge on any atom is 0.326 e. The van der Waals surface area contributed by atoms with E-state index in [1.165, 1.54) is 6.92 Å². The molecule has 182 valence electrons. The van der Waals surface area contributed by atoms with Gasteiger partial charge in [-0.3, -0.25) is 24.0 Å². The van der Waals surface area contributed by atoms with Gasteiger partial charge in [-0.1, -0.05) is 20.3 Å². The predicted molar refractivity (Wildman–Crippen MR) is 112 cm³/mol. The Bertz CT molecular complexity index is 714. The molecule has 0 aliphatic carbocycles. The van der Waals surface area contributed by atoms with E-state index in [-0.39, 0.29) is 25.2 Å². The first-order chi connectivity index (χ1) is 14.8. The monoisotopic (exact) mass is 459 g/mol. The number of carbonyl (C=O) groups excluding carboxylic acids is 4. The molecule has 5 unspecified atom stereocenters. The smallest absolute Gasteiger partial charge is 0.326 e. The van der Waals surface area contributed by atoms with Crippen molar-refractivity contribution in [3.63, 3.8) is 0 Å². The summed E-state index contributed by atoms with van der Waals surface area (Å²) in [7, 11) is 0. The van der Waals surface area contributed by atoms with Crippen LogP contribution in [0.25, 0.3) is 0 Å². The lowest BCUT2D eigenvalue weighted by atomic mass is 9.98. The van der Waals surface area contributed by atoms with Crippen LogP contribution in [0.1, 0.15) is 52.9 Å². The number of nitrogens with two attached hydrogens (primary N) is 2. The molecule has 0 spiro atoms. The molecule has 5 atom stereocenters. The van der Waals surface area contributed by atoms with Crippen LogP contribution in [0.5, 0.6) is 0 Å². The van der Waals surface area contributed by atoms with Crippen molar-refractivity contribution in [1.82, 2.24) is 16.0 Å². The zero-order valence-electron chi connectivity index (χ0n) is 18.4. The molecule has 0 saturated heterocycles. The van der Waals surface area contributed by atoms with E-state index in [4.69, 9.17) is 21.7 Å². The van der Waals surface area contributed by atoms with Crippen LogP contribution in [0.2, 0.25) is 0 Å². The minimum Gasteiger partial charge on any atom is -0.481 e. The van der Waals surface area contributed by atoms with Crippen LogP contribution in [0.4, 0.5) is 0 Å². The zero-order chi connectivity index (χ0) is 25.0. The average Bonchev–Trinajstić information content (AvgIpc) is 2.71. The van der Waals surface area contributed by atoms with Gasteiger partial charge in [0.15, 0.2) is 0 Å². The maximum absolute atomic E-state index is 12.6. The molecule has 0 fully saturated rings. The Kier molecular flexibility index (Phi) is 12.6. The number of hydrogen-bond acceptors (Lipinski definition) is 7. The van der Waals surface area contributed by atoms with Crippen LogP contribution in [0.3, 0.4) is 0 Å². The summed E-state index contributed by atoms with van der Waals surface area (Å²) >= 11 is 0. The minimum atomic E-state index is -1.40. The highest BCUT2D eigenvalue weighted by Gasteiger charge is 2.29. The van der Waals surface area contributed by atoms with Gasteiger partial charge in [-0.2, -0.15) is 0 Å². The predicted octanol–water partition coefficient (Wildman–Crippen LogP) is -1.95. The van der Waals surface area contributed by atoms with Crippen LogP contribution >= 0.6 is 0 Å². The first kappa shape index (κ1) is 28.8. The van der Waals surface area contributed by atoms with Crippen molar-refractivity contribution in [2.45, 2.75) is 77.0 Å². The van der Waals surface area contributed by atoms with Gasteiger partial charge in [-0.15, -0.1) is 0 Å². The molecule has 0 saturated carbocycles. The maximum atomic E-state index is 12.6. The Morgan fingerprint density at radius 1 is 0.812 bits per heavy atom. The summed E-state index contributed by atoms with van der Waals surface area (Å²) < 4.78 is 0. The second-order valence-electron chi connectivity index (χ2n) is 7.54. The molecule has 0 aromatic rings. The largest absolute Gasteiger partial charge is 0.481 e. The van der Waals surface area contributed by atoms with E-state index in [2.05, 4.69) is 16.0 Å². The molecule has 13 heteroatoms. The molecule has 4 amide bonds. The van der Waals surface area contributed by atoms with Gasteiger partial charge in [0, 0.05) is 12.8 Å². The molecule has 0 rings (SSSR count). The van der Waals surface area contributed by atoms with Gasteiger partial charge in [0.2, 0.25) is 23.6 Å². The van der Waals surface area contributed by atoms with Gasteiger partial charge >= 0.3 is 11.9 Å². The SMILES string of the molecule is CCC(C)C(N)C(=O)NC(CCC(=O)O)C(=O)NC(C)C(=O)NC(CCC(N)=O)C(=O)O. The first-order valence-electron chi connectivity index (χ1n) is 10.2. The van der Waals surface area contributed by atoms with Crippen molar-refractivity contribution >= 4 is 35.6 Å². The summed E-state index contributed by atoms with van der Waals surface area (Å²) in [6, 6.07) is -4.80. The molecule has 32 heavy (non-hydrogen) atoms. The molecule has 0 heterocycles. The average molecular weight is 460 g/mol. The molecular weight excluding hydrogens is 426 g/mol. The quantitative estimate of drug-likeness (QED) is 0.144. The van der Waals surface area contributed by atoms with Crippen molar-refractivity contribution in [2.24, 2.45) is 17.4 Å². The van der Waals surface area contributed by atoms with Gasteiger partial charge in [-0.05, 0) is 25.7 Å². The Balaban J connectivity index is 5.16. The van der Waals surface area contributed by atoms with Crippen LogP contribution in [-0.2, 0) is 28.8 Å². The second-order valence-corrected chi connectivity index (χ2v) is 7.54. The number of carboxylic acid groups (broad SMARTS) is 2. The van der Waals surface area contributed by atoms with E-state index in [1.807, 2.05) is 6.92 Å². The van der Waals surface area contributed by atoms with Crippen LogP contribution in [0.15, 0.2) is 0 Å². The van der Waals surface area contributed by atoms with Crippen molar-refractivity contribution in [3.8, 4) is 0 Å². The Morgan fingerprint density at radius 2 is 1.34 bits per heavy atom. The number of hydrogen-bond donors (Lipinski definition) is 7. The highest BCUT2D eigenvalue weighted by molar-refractivity contribution is 5.94. The highest BCUT2D eigenvalue weighted by Crippen LogP contribution is 2.07. The molecule has 0 bridgehead atoms. The minimum absolute atomic E-state index is 0.184.